The second-order valence-electron chi connectivity index (χ2n) is 4.58. The van der Waals surface area contributed by atoms with Gasteiger partial charge in [-0.25, -0.2) is 0 Å². The lowest BCUT2D eigenvalue weighted by atomic mass is 9.67. The summed E-state index contributed by atoms with van der Waals surface area (Å²) in [6.07, 6.45) is 8.24. The zero-order valence-corrected chi connectivity index (χ0v) is 7.94. The van der Waals surface area contributed by atoms with Gasteiger partial charge in [0.1, 0.15) is 5.78 Å². The molecule has 0 bridgehead atoms. The number of hydrogen-bond donors (Lipinski definition) is 0. The summed E-state index contributed by atoms with van der Waals surface area (Å²) in [5.74, 6) is 1.25. The summed E-state index contributed by atoms with van der Waals surface area (Å²) >= 11 is 0. The van der Waals surface area contributed by atoms with Gasteiger partial charge in [0, 0.05) is 11.8 Å². The van der Waals surface area contributed by atoms with Gasteiger partial charge in [-0.1, -0.05) is 19.8 Å². The van der Waals surface area contributed by atoms with Crippen LogP contribution in [0, 0.1) is 11.3 Å². The van der Waals surface area contributed by atoms with Crippen molar-refractivity contribution in [2.75, 3.05) is 0 Å². The van der Waals surface area contributed by atoms with Crippen molar-refractivity contribution in [2.45, 2.75) is 51.9 Å². The monoisotopic (exact) mass is 166 g/mol. The van der Waals surface area contributed by atoms with Gasteiger partial charge in [-0.05, 0) is 31.6 Å². The first-order valence-electron chi connectivity index (χ1n) is 5.29. The van der Waals surface area contributed by atoms with Gasteiger partial charge in [0.25, 0.3) is 0 Å². The van der Waals surface area contributed by atoms with Gasteiger partial charge < -0.3 is 0 Å². The van der Waals surface area contributed by atoms with Crippen LogP contribution >= 0.6 is 0 Å². The molecule has 0 N–H and O–H groups in total. The van der Waals surface area contributed by atoms with Gasteiger partial charge in [0.2, 0.25) is 0 Å². The molecule has 2 saturated carbocycles. The highest BCUT2D eigenvalue weighted by molar-refractivity contribution is 5.86. The average molecular weight is 166 g/mol. The zero-order valence-electron chi connectivity index (χ0n) is 7.94. The highest BCUT2D eigenvalue weighted by Crippen LogP contribution is 2.50. The second-order valence-corrected chi connectivity index (χ2v) is 4.58. The summed E-state index contributed by atoms with van der Waals surface area (Å²) in [4.78, 5) is 11.8. The van der Waals surface area contributed by atoms with E-state index in [1.165, 1.54) is 32.1 Å². The number of ketones is 1. The Labute approximate surface area is 74.5 Å². The molecule has 1 nitrogen and oxygen atoms in total. The molecule has 1 spiro atoms. The van der Waals surface area contributed by atoms with Gasteiger partial charge in [-0.15, -0.1) is 0 Å². The first-order valence-corrected chi connectivity index (χ1v) is 5.29. The van der Waals surface area contributed by atoms with Crippen molar-refractivity contribution in [1.82, 2.24) is 0 Å². The third-order valence-corrected chi connectivity index (χ3v) is 4.04. The fourth-order valence-electron chi connectivity index (χ4n) is 3.15. The molecule has 1 heteroatoms. The lowest BCUT2D eigenvalue weighted by Gasteiger charge is -2.35. The molecule has 12 heavy (non-hydrogen) atoms. The molecule has 2 aliphatic carbocycles. The molecule has 0 aromatic rings. The Bertz CT molecular complexity index is 197. The fourth-order valence-corrected chi connectivity index (χ4v) is 3.15. The van der Waals surface area contributed by atoms with Gasteiger partial charge in [0.05, 0.1) is 0 Å². The molecule has 0 aliphatic heterocycles. The van der Waals surface area contributed by atoms with E-state index in [4.69, 9.17) is 0 Å². The minimum atomic E-state index is 0.151. The first kappa shape index (κ1) is 8.28. The first-order chi connectivity index (χ1) is 5.76. The number of hydrogen-bond acceptors (Lipinski definition) is 1. The Morgan fingerprint density at radius 2 is 2.00 bits per heavy atom. The van der Waals surface area contributed by atoms with E-state index in [0.29, 0.717) is 11.7 Å². The van der Waals surface area contributed by atoms with Crippen LogP contribution in [0.1, 0.15) is 51.9 Å². The summed E-state index contributed by atoms with van der Waals surface area (Å²) in [6, 6.07) is 0. The topological polar surface area (TPSA) is 17.1 Å². The molecule has 2 aliphatic rings. The molecule has 0 aromatic carbocycles. The lowest BCUT2D eigenvalue weighted by Crippen LogP contribution is -2.36. The summed E-state index contributed by atoms with van der Waals surface area (Å²) in [6.45, 7) is 2.27. The Morgan fingerprint density at radius 1 is 1.25 bits per heavy atom. The Morgan fingerprint density at radius 3 is 2.58 bits per heavy atom. The molecule has 1 unspecified atom stereocenters. The second kappa shape index (κ2) is 2.86. The van der Waals surface area contributed by atoms with Crippen LogP contribution in [-0.4, -0.2) is 5.78 Å². The predicted octanol–water partition coefficient (Wildman–Crippen LogP) is 2.94. The van der Waals surface area contributed by atoms with Crippen LogP contribution in [0.2, 0.25) is 0 Å². The van der Waals surface area contributed by atoms with E-state index < -0.39 is 0 Å². The molecule has 0 radical (unpaired) electrons. The van der Waals surface area contributed by atoms with E-state index in [-0.39, 0.29) is 5.41 Å². The third kappa shape index (κ3) is 1.02. The van der Waals surface area contributed by atoms with Crippen LogP contribution in [0.15, 0.2) is 0 Å². The van der Waals surface area contributed by atoms with E-state index in [2.05, 4.69) is 6.92 Å². The summed E-state index contributed by atoms with van der Waals surface area (Å²) in [7, 11) is 0. The van der Waals surface area contributed by atoms with Crippen molar-refractivity contribution < 1.29 is 4.79 Å². The van der Waals surface area contributed by atoms with Crippen molar-refractivity contribution >= 4 is 5.78 Å². The SMILES string of the molecule is CC1CCC[C@@]12CCCCC2=O. The molecule has 68 valence electrons. The number of Topliss-reactive ketones (excluding diaryl/α,β-unsaturated/α-hetero) is 1. The van der Waals surface area contributed by atoms with E-state index in [1.54, 1.807) is 0 Å². The third-order valence-electron chi connectivity index (χ3n) is 4.04. The summed E-state index contributed by atoms with van der Waals surface area (Å²) < 4.78 is 0. The van der Waals surface area contributed by atoms with Gasteiger partial charge in [-0.2, -0.15) is 0 Å². The molecule has 0 amide bonds. The summed E-state index contributed by atoms with van der Waals surface area (Å²) in [5, 5.41) is 0. The zero-order chi connectivity index (χ0) is 8.60. The van der Waals surface area contributed by atoms with Crippen molar-refractivity contribution in [3.05, 3.63) is 0 Å². The van der Waals surface area contributed by atoms with E-state index >= 15 is 0 Å². The van der Waals surface area contributed by atoms with Gasteiger partial charge >= 0.3 is 0 Å². The maximum Gasteiger partial charge on any atom is 0.139 e. The van der Waals surface area contributed by atoms with Crippen molar-refractivity contribution in [3.8, 4) is 0 Å². The Balaban J connectivity index is 2.21. The molecule has 2 rings (SSSR count). The Kier molecular flexibility index (Phi) is 1.97. The molecule has 0 heterocycles. The number of carbonyl (C=O) groups is 1. The van der Waals surface area contributed by atoms with Crippen LogP contribution in [0.3, 0.4) is 0 Å². The molecule has 2 fully saturated rings. The van der Waals surface area contributed by atoms with Gasteiger partial charge in [0.15, 0.2) is 0 Å². The maximum absolute atomic E-state index is 11.8. The van der Waals surface area contributed by atoms with Crippen LogP contribution in [0.4, 0.5) is 0 Å². The van der Waals surface area contributed by atoms with Gasteiger partial charge in [-0.3, -0.25) is 4.79 Å². The van der Waals surface area contributed by atoms with Crippen molar-refractivity contribution in [3.63, 3.8) is 0 Å². The molecule has 2 atom stereocenters. The molecular formula is C11H18O. The quantitative estimate of drug-likeness (QED) is 0.540. The molecule has 0 saturated heterocycles. The predicted molar refractivity (Wildman–Crippen MR) is 48.9 cm³/mol. The molecule has 0 aromatic heterocycles. The van der Waals surface area contributed by atoms with E-state index in [9.17, 15) is 4.79 Å². The molecular weight excluding hydrogens is 148 g/mol. The number of rotatable bonds is 0. The normalized spacial score (nSPS) is 42.4. The van der Waals surface area contributed by atoms with Crippen LogP contribution < -0.4 is 0 Å². The highest BCUT2D eigenvalue weighted by Gasteiger charge is 2.46. The largest absolute Gasteiger partial charge is 0.299 e. The standard InChI is InChI=1S/C11H18O/c1-9-5-4-8-11(9)7-3-2-6-10(11)12/h9H,2-8H2,1H3/t9?,11-/m0/s1. The lowest BCUT2D eigenvalue weighted by molar-refractivity contribution is -0.133. The van der Waals surface area contributed by atoms with Crippen molar-refractivity contribution in [2.24, 2.45) is 11.3 Å². The summed E-state index contributed by atoms with van der Waals surface area (Å²) in [5.41, 5.74) is 0.151. The fraction of sp³-hybridized carbons (Fsp3) is 0.909. The van der Waals surface area contributed by atoms with Crippen LogP contribution in [0.5, 0.6) is 0 Å². The van der Waals surface area contributed by atoms with Crippen LogP contribution in [0.25, 0.3) is 0 Å². The minimum Gasteiger partial charge on any atom is -0.299 e. The van der Waals surface area contributed by atoms with E-state index in [0.717, 1.165) is 12.8 Å². The maximum atomic E-state index is 11.8. The van der Waals surface area contributed by atoms with Crippen molar-refractivity contribution in [1.29, 1.82) is 0 Å². The highest BCUT2D eigenvalue weighted by atomic mass is 16.1. The average Bonchev–Trinajstić information content (AvgIpc) is 2.41. The Hall–Kier alpha value is -0.330. The van der Waals surface area contributed by atoms with E-state index in [1.807, 2.05) is 0 Å². The van der Waals surface area contributed by atoms with Crippen LogP contribution in [-0.2, 0) is 4.79 Å². The number of carbonyl (C=O) groups excluding carboxylic acids is 1. The minimum absolute atomic E-state index is 0.151. The smallest absolute Gasteiger partial charge is 0.139 e.